The molecule has 4 nitrogen and oxygen atoms in total. The van der Waals surface area contributed by atoms with Gasteiger partial charge in [-0.05, 0) is 24.0 Å². The average molecular weight is 381 g/mol. The van der Waals surface area contributed by atoms with Crippen molar-refractivity contribution >= 4 is 11.5 Å². The van der Waals surface area contributed by atoms with E-state index in [4.69, 9.17) is 4.74 Å². The first kappa shape index (κ1) is 21.0. The van der Waals surface area contributed by atoms with Crippen LogP contribution in [0, 0.1) is 0 Å². The van der Waals surface area contributed by atoms with Gasteiger partial charge in [0.15, 0.2) is 5.82 Å². The lowest BCUT2D eigenvalue weighted by atomic mass is 10.0. The third-order valence-electron chi connectivity index (χ3n) is 4.27. The zero-order chi connectivity index (χ0) is 20.0. The Kier molecular flexibility index (Phi) is 7.05. The van der Waals surface area contributed by atoms with Gasteiger partial charge in [-0.3, -0.25) is 0 Å². The highest BCUT2D eigenvalue weighted by Crippen LogP contribution is 2.39. The molecule has 0 atom stereocenters. The smallest absolute Gasteiger partial charge is 0.421 e. The quantitative estimate of drug-likeness (QED) is 0.529. The summed E-state index contributed by atoms with van der Waals surface area (Å²) in [5.41, 5.74) is 0.732. The predicted molar refractivity (Wildman–Crippen MR) is 101 cm³/mol. The monoisotopic (exact) mass is 381 g/mol. The molecular weight excluding hydrogens is 355 g/mol. The molecule has 0 bridgehead atoms. The van der Waals surface area contributed by atoms with E-state index in [1.165, 1.54) is 4.90 Å². The highest BCUT2D eigenvalue weighted by atomic mass is 19.4. The third-order valence-corrected chi connectivity index (χ3v) is 4.27. The van der Waals surface area contributed by atoms with Crippen LogP contribution in [-0.4, -0.2) is 23.6 Å². The Hall–Kier alpha value is -2.31. The molecule has 148 valence electrons. The first-order valence-corrected chi connectivity index (χ1v) is 9.15. The normalized spacial score (nSPS) is 11.7. The fraction of sp³-hybridized carbons (Fsp3) is 0.500. The lowest BCUT2D eigenvalue weighted by Gasteiger charge is -2.25. The maximum absolute atomic E-state index is 13.5. The number of hydrogen-bond acceptors (Lipinski definition) is 4. The van der Waals surface area contributed by atoms with E-state index in [-0.39, 0.29) is 17.7 Å². The van der Waals surface area contributed by atoms with E-state index in [9.17, 15) is 13.2 Å². The van der Waals surface area contributed by atoms with Crippen molar-refractivity contribution < 1.29 is 17.9 Å². The van der Waals surface area contributed by atoms with Crippen molar-refractivity contribution in [2.75, 3.05) is 18.6 Å². The van der Waals surface area contributed by atoms with Crippen LogP contribution in [0.2, 0.25) is 0 Å². The number of halogens is 3. The molecule has 0 radical (unpaired) electrons. The number of anilines is 2. The SMILES string of the molecule is CCCCCOc1ncc(C(F)(F)F)c(N(C)c2ccccc2C(C)C)n1. The first-order chi connectivity index (χ1) is 12.8. The Balaban J connectivity index is 2.42. The van der Waals surface area contributed by atoms with E-state index < -0.39 is 11.7 Å². The molecule has 0 saturated carbocycles. The van der Waals surface area contributed by atoms with E-state index in [0.717, 1.165) is 31.0 Å². The number of para-hydroxylation sites is 1. The van der Waals surface area contributed by atoms with Crippen LogP contribution in [0.25, 0.3) is 0 Å². The predicted octanol–water partition coefficient (Wildman–Crippen LogP) is 5.96. The van der Waals surface area contributed by atoms with Crippen molar-refractivity contribution in [1.82, 2.24) is 9.97 Å². The lowest BCUT2D eigenvalue weighted by Crippen LogP contribution is -2.20. The Bertz CT molecular complexity index is 747. The van der Waals surface area contributed by atoms with Crippen LogP contribution in [0.1, 0.15) is 57.1 Å². The standard InChI is InChI=1S/C20H26F3N3O/c1-5-6-9-12-27-19-24-13-16(20(21,22)23)18(25-19)26(4)17-11-8-7-10-15(17)14(2)3/h7-8,10-11,13-14H,5-6,9,12H2,1-4H3. The minimum absolute atomic E-state index is 0.0389. The number of benzene rings is 1. The van der Waals surface area contributed by atoms with Gasteiger partial charge in [-0.1, -0.05) is 51.8 Å². The Morgan fingerprint density at radius 1 is 1.15 bits per heavy atom. The molecule has 0 aliphatic heterocycles. The molecule has 1 heterocycles. The highest BCUT2D eigenvalue weighted by molar-refractivity contribution is 5.66. The molecule has 0 saturated heterocycles. The van der Waals surface area contributed by atoms with Gasteiger partial charge in [-0.15, -0.1) is 0 Å². The second-order valence-corrected chi connectivity index (χ2v) is 6.72. The highest BCUT2D eigenvalue weighted by Gasteiger charge is 2.37. The Morgan fingerprint density at radius 3 is 2.48 bits per heavy atom. The summed E-state index contributed by atoms with van der Waals surface area (Å²) >= 11 is 0. The van der Waals surface area contributed by atoms with Gasteiger partial charge in [-0.2, -0.15) is 18.2 Å². The third kappa shape index (κ3) is 5.34. The van der Waals surface area contributed by atoms with Crippen molar-refractivity contribution in [1.29, 1.82) is 0 Å². The van der Waals surface area contributed by atoms with E-state index >= 15 is 0 Å². The summed E-state index contributed by atoms with van der Waals surface area (Å²) in [4.78, 5) is 9.30. The molecular formula is C20H26F3N3O. The minimum atomic E-state index is -4.56. The summed E-state index contributed by atoms with van der Waals surface area (Å²) in [6.45, 7) is 6.44. The largest absolute Gasteiger partial charge is 0.463 e. The molecule has 0 aliphatic rings. The number of alkyl halides is 3. The molecule has 0 unspecified atom stereocenters. The van der Waals surface area contributed by atoms with Gasteiger partial charge < -0.3 is 9.64 Å². The fourth-order valence-corrected chi connectivity index (χ4v) is 2.79. The summed E-state index contributed by atoms with van der Waals surface area (Å²) in [5, 5.41) is 0. The van der Waals surface area contributed by atoms with Crippen LogP contribution in [0.3, 0.4) is 0 Å². The van der Waals surface area contributed by atoms with Crippen LogP contribution in [0.5, 0.6) is 6.01 Å². The summed E-state index contributed by atoms with van der Waals surface area (Å²) < 4.78 is 46.0. The number of ether oxygens (including phenoxy) is 1. The Morgan fingerprint density at radius 2 is 1.85 bits per heavy atom. The lowest BCUT2D eigenvalue weighted by molar-refractivity contribution is -0.137. The van der Waals surface area contributed by atoms with E-state index in [1.807, 2.05) is 26.0 Å². The number of rotatable bonds is 8. The van der Waals surface area contributed by atoms with Crippen LogP contribution in [-0.2, 0) is 6.18 Å². The number of nitrogens with zero attached hydrogens (tertiary/aromatic N) is 3. The topological polar surface area (TPSA) is 38.2 Å². The van der Waals surface area contributed by atoms with Gasteiger partial charge in [0.2, 0.25) is 0 Å². The van der Waals surface area contributed by atoms with Crippen molar-refractivity contribution in [3.63, 3.8) is 0 Å². The number of aromatic nitrogens is 2. The molecule has 0 amide bonds. The molecule has 27 heavy (non-hydrogen) atoms. The molecule has 2 aromatic rings. The molecule has 0 N–H and O–H groups in total. The second-order valence-electron chi connectivity index (χ2n) is 6.72. The van der Waals surface area contributed by atoms with Crippen LogP contribution < -0.4 is 9.64 Å². The second kappa shape index (κ2) is 9.06. The van der Waals surface area contributed by atoms with Gasteiger partial charge in [-0.25, -0.2) is 4.98 Å². The molecule has 0 spiro atoms. The first-order valence-electron chi connectivity index (χ1n) is 9.15. The Labute approximate surface area is 158 Å². The van der Waals surface area contributed by atoms with Crippen molar-refractivity contribution in [3.8, 4) is 6.01 Å². The maximum atomic E-state index is 13.5. The summed E-state index contributed by atoms with van der Waals surface area (Å²) in [6.07, 6.45) is -0.947. The average Bonchev–Trinajstić information content (AvgIpc) is 2.63. The van der Waals surface area contributed by atoms with Gasteiger partial charge in [0, 0.05) is 18.9 Å². The number of unbranched alkanes of at least 4 members (excludes halogenated alkanes) is 2. The molecule has 1 aromatic carbocycles. The zero-order valence-electron chi connectivity index (χ0n) is 16.2. The molecule has 2 rings (SSSR count). The summed E-state index contributed by atoms with van der Waals surface area (Å²) in [7, 11) is 1.58. The number of hydrogen-bond donors (Lipinski definition) is 0. The zero-order valence-corrected chi connectivity index (χ0v) is 16.2. The fourth-order valence-electron chi connectivity index (χ4n) is 2.79. The van der Waals surface area contributed by atoms with Crippen LogP contribution in [0.4, 0.5) is 24.7 Å². The van der Waals surface area contributed by atoms with E-state index in [2.05, 4.69) is 16.9 Å². The van der Waals surface area contributed by atoms with Gasteiger partial charge in [0.25, 0.3) is 0 Å². The van der Waals surface area contributed by atoms with Crippen LogP contribution in [0.15, 0.2) is 30.5 Å². The van der Waals surface area contributed by atoms with Gasteiger partial charge >= 0.3 is 12.2 Å². The maximum Gasteiger partial charge on any atom is 0.421 e. The van der Waals surface area contributed by atoms with E-state index in [0.29, 0.717) is 12.3 Å². The van der Waals surface area contributed by atoms with Crippen LogP contribution >= 0.6 is 0 Å². The summed E-state index contributed by atoms with van der Waals surface area (Å²) in [5.74, 6) is -0.0549. The van der Waals surface area contributed by atoms with Gasteiger partial charge in [0.05, 0.1) is 6.61 Å². The van der Waals surface area contributed by atoms with Crippen molar-refractivity contribution in [2.24, 2.45) is 0 Å². The summed E-state index contributed by atoms with van der Waals surface area (Å²) in [6, 6.07) is 7.34. The molecule has 0 aliphatic carbocycles. The van der Waals surface area contributed by atoms with Crippen molar-refractivity contribution in [2.45, 2.75) is 52.1 Å². The molecule has 0 fully saturated rings. The van der Waals surface area contributed by atoms with Gasteiger partial charge in [0.1, 0.15) is 5.56 Å². The minimum Gasteiger partial charge on any atom is -0.463 e. The molecule has 1 aromatic heterocycles. The van der Waals surface area contributed by atoms with E-state index in [1.54, 1.807) is 19.2 Å². The van der Waals surface area contributed by atoms with Crippen molar-refractivity contribution in [3.05, 3.63) is 41.6 Å². The molecule has 7 heteroatoms.